The maximum atomic E-state index is 13.2. The number of nitrogens with zero attached hydrogens (tertiary/aromatic N) is 2. The summed E-state index contributed by atoms with van der Waals surface area (Å²) in [7, 11) is 1.05. The van der Waals surface area contributed by atoms with Crippen LogP contribution in [0.25, 0.3) is 10.8 Å². The molecule has 0 unspecified atom stereocenters. The lowest BCUT2D eigenvalue weighted by molar-refractivity contribution is 0.0785. The predicted octanol–water partition coefficient (Wildman–Crippen LogP) is 3.91. The molecule has 8 heteroatoms. The molecule has 0 N–H and O–H groups in total. The fourth-order valence-corrected chi connectivity index (χ4v) is 5.84. The maximum Gasteiger partial charge on any atom is 0.253 e. The SMILES string of the molecule is COc1ccc2cc(CN(C)C(=O)c3ccc(OC)c(S(=O)(=O)N4CCCC4)c3)ccc2c1. The molecule has 0 radical (unpaired) electrons. The van der Waals surface area contributed by atoms with Crippen LogP contribution in [0.5, 0.6) is 11.5 Å². The first kappa shape index (κ1) is 23.1. The third-order valence-corrected chi connectivity index (χ3v) is 7.89. The first-order chi connectivity index (χ1) is 15.8. The first-order valence-corrected chi connectivity index (χ1v) is 12.3. The molecular weight excluding hydrogens is 440 g/mol. The van der Waals surface area contributed by atoms with Crippen molar-refractivity contribution in [2.45, 2.75) is 24.3 Å². The van der Waals surface area contributed by atoms with Gasteiger partial charge in [-0.1, -0.05) is 18.2 Å². The topological polar surface area (TPSA) is 76.1 Å². The number of carbonyl (C=O) groups excluding carboxylic acids is 1. The minimum atomic E-state index is -3.72. The molecule has 1 amide bonds. The molecule has 0 saturated carbocycles. The Balaban J connectivity index is 1.58. The minimum Gasteiger partial charge on any atom is -0.497 e. The second-order valence-corrected chi connectivity index (χ2v) is 10.1. The Labute approximate surface area is 194 Å². The van der Waals surface area contributed by atoms with Crippen molar-refractivity contribution in [3.8, 4) is 11.5 Å². The number of amides is 1. The lowest BCUT2D eigenvalue weighted by Gasteiger charge is -2.21. The second kappa shape index (κ2) is 9.41. The summed E-state index contributed by atoms with van der Waals surface area (Å²) in [5.74, 6) is 0.776. The van der Waals surface area contributed by atoms with Gasteiger partial charge in [0.15, 0.2) is 0 Å². The molecule has 3 aromatic carbocycles. The predicted molar refractivity (Wildman–Crippen MR) is 127 cm³/mol. The van der Waals surface area contributed by atoms with E-state index in [1.54, 1.807) is 31.2 Å². The fourth-order valence-electron chi connectivity index (χ4n) is 4.14. The third-order valence-electron chi connectivity index (χ3n) is 5.97. The van der Waals surface area contributed by atoms with Crippen LogP contribution in [0.3, 0.4) is 0 Å². The highest BCUT2D eigenvalue weighted by atomic mass is 32.2. The summed E-state index contributed by atoms with van der Waals surface area (Å²) in [6, 6.07) is 16.4. The van der Waals surface area contributed by atoms with Crippen molar-refractivity contribution in [1.29, 1.82) is 0 Å². The highest BCUT2D eigenvalue weighted by Gasteiger charge is 2.31. The van der Waals surface area contributed by atoms with Crippen molar-refractivity contribution in [2.75, 3.05) is 34.4 Å². The van der Waals surface area contributed by atoms with Gasteiger partial charge in [0.2, 0.25) is 10.0 Å². The summed E-state index contributed by atoms with van der Waals surface area (Å²) in [5, 5.41) is 2.11. The van der Waals surface area contributed by atoms with Crippen LogP contribution in [0.4, 0.5) is 0 Å². The Morgan fingerprint density at radius 1 is 0.939 bits per heavy atom. The van der Waals surface area contributed by atoms with Gasteiger partial charge in [-0.15, -0.1) is 0 Å². The zero-order valence-electron chi connectivity index (χ0n) is 19.1. The molecule has 1 aliphatic heterocycles. The largest absolute Gasteiger partial charge is 0.497 e. The van der Waals surface area contributed by atoms with E-state index >= 15 is 0 Å². The molecule has 33 heavy (non-hydrogen) atoms. The molecule has 1 saturated heterocycles. The number of hydrogen-bond acceptors (Lipinski definition) is 5. The Hall–Kier alpha value is -3.10. The summed E-state index contributed by atoms with van der Waals surface area (Å²) in [6.07, 6.45) is 1.67. The average Bonchev–Trinajstić information content (AvgIpc) is 3.39. The van der Waals surface area contributed by atoms with E-state index < -0.39 is 10.0 Å². The fraction of sp³-hybridized carbons (Fsp3) is 0.320. The smallest absolute Gasteiger partial charge is 0.253 e. The average molecular weight is 469 g/mol. The number of ether oxygens (including phenoxy) is 2. The molecule has 1 fully saturated rings. The van der Waals surface area contributed by atoms with E-state index in [2.05, 4.69) is 0 Å². The molecule has 4 rings (SSSR count). The number of benzene rings is 3. The Bertz CT molecular complexity index is 1280. The number of rotatable bonds is 7. The van der Waals surface area contributed by atoms with E-state index in [1.807, 2.05) is 36.4 Å². The van der Waals surface area contributed by atoms with Crippen molar-refractivity contribution in [3.63, 3.8) is 0 Å². The zero-order chi connectivity index (χ0) is 23.6. The van der Waals surface area contributed by atoms with E-state index in [9.17, 15) is 13.2 Å². The summed E-state index contributed by atoms with van der Waals surface area (Å²) >= 11 is 0. The maximum absolute atomic E-state index is 13.2. The van der Waals surface area contributed by atoms with Gasteiger partial charge in [0, 0.05) is 32.2 Å². The first-order valence-electron chi connectivity index (χ1n) is 10.8. The summed E-state index contributed by atoms with van der Waals surface area (Å²) in [5.41, 5.74) is 1.28. The van der Waals surface area contributed by atoms with Crippen molar-refractivity contribution in [1.82, 2.24) is 9.21 Å². The van der Waals surface area contributed by atoms with Crippen LogP contribution in [0.1, 0.15) is 28.8 Å². The quantitative estimate of drug-likeness (QED) is 0.526. The van der Waals surface area contributed by atoms with Gasteiger partial charge < -0.3 is 14.4 Å². The normalized spacial score (nSPS) is 14.4. The minimum absolute atomic E-state index is 0.0332. The van der Waals surface area contributed by atoms with Crippen molar-refractivity contribution in [3.05, 3.63) is 65.7 Å². The monoisotopic (exact) mass is 468 g/mol. The lowest BCUT2D eigenvalue weighted by atomic mass is 10.1. The highest BCUT2D eigenvalue weighted by Crippen LogP contribution is 2.30. The van der Waals surface area contributed by atoms with Gasteiger partial charge >= 0.3 is 0 Å². The number of methoxy groups -OCH3 is 2. The van der Waals surface area contributed by atoms with Crippen LogP contribution in [-0.4, -0.2) is 57.9 Å². The van der Waals surface area contributed by atoms with Crippen LogP contribution in [0.2, 0.25) is 0 Å². The van der Waals surface area contributed by atoms with Crippen molar-refractivity contribution >= 4 is 26.7 Å². The molecule has 1 aliphatic rings. The van der Waals surface area contributed by atoms with E-state index in [-0.39, 0.29) is 16.6 Å². The molecule has 0 spiro atoms. The number of carbonyl (C=O) groups is 1. The molecule has 1 heterocycles. The molecule has 174 valence electrons. The van der Waals surface area contributed by atoms with Crippen molar-refractivity contribution < 1.29 is 22.7 Å². The third kappa shape index (κ3) is 4.67. The van der Waals surface area contributed by atoms with Gasteiger partial charge in [0.25, 0.3) is 5.91 Å². The van der Waals surface area contributed by atoms with E-state index in [0.29, 0.717) is 25.2 Å². The molecule has 7 nitrogen and oxygen atoms in total. The highest BCUT2D eigenvalue weighted by molar-refractivity contribution is 7.89. The van der Waals surface area contributed by atoms with Crippen LogP contribution in [-0.2, 0) is 16.6 Å². The van der Waals surface area contributed by atoms with Gasteiger partial charge in [-0.2, -0.15) is 4.31 Å². The van der Waals surface area contributed by atoms with Gasteiger partial charge in [0.1, 0.15) is 16.4 Å². The zero-order valence-corrected chi connectivity index (χ0v) is 19.9. The molecule has 0 aliphatic carbocycles. The number of sulfonamides is 1. The summed E-state index contributed by atoms with van der Waals surface area (Å²) in [4.78, 5) is 14.8. The Morgan fingerprint density at radius 2 is 1.64 bits per heavy atom. The van der Waals surface area contributed by atoms with E-state index in [4.69, 9.17) is 9.47 Å². The second-order valence-electron chi connectivity index (χ2n) is 8.19. The van der Waals surface area contributed by atoms with E-state index in [1.165, 1.54) is 17.5 Å². The Morgan fingerprint density at radius 3 is 2.33 bits per heavy atom. The van der Waals surface area contributed by atoms with Crippen LogP contribution < -0.4 is 9.47 Å². The van der Waals surface area contributed by atoms with Gasteiger partial charge in [-0.25, -0.2) is 8.42 Å². The van der Waals surface area contributed by atoms with Gasteiger partial charge in [-0.3, -0.25) is 4.79 Å². The molecule has 0 aromatic heterocycles. The number of hydrogen-bond donors (Lipinski definition) is 0. The van der Waals surface area contributed by atoms with Crippen molar-refractivity contribution in [2.24, 2.45) is 0 Å². The molecule has 0 atom stereocenters. The lowest BCUT2D eigenvalue weighted by Crippen LogP contribution is -2.29. The van der Waals surface area contributed by atoms with Crippen LogP contribution >= 0.6 is 0 Å². The number of fused-ring (bicyclic) bond motifs is 1. The van der Waals surface area contributed by atoms with Crippen LogP contribution in [0.15, 0.2) is 59.5 Å². The summed E-state index contributed by atoms with van der Waals surface area (Å²) in [6.45, 7) is 1.36. The molecule has 3 aromatic rings. The standard InChI is InChI=1S/C25H28N2O5S/c1-26(17-18-6-7-20-15-22(31-2)10-8-19(20)14-18)25(28)21-9-11-23(32-3)24(16-21)33(29,30)27-12-4-5-13-27/h6-11,14-16H,4-5,12-13,17H2,1-3H3. The molecule has 0 bridgehead atoms. The van der Waals surface area contributed by atoms with Gasteiger partial charge in [-0.05, 0) is 65.6 Å². The summed E-state index contributed by atoms with van der Waals surface area (Å²) < 4.78 is 38.3. The van der Waals surface area contributed by atoms with Gasteiger partial charge in [0.05, 0.1) is 14.2 Å². The molecular formula is C25H28N2O5S. The Kier molecular flexibility index (Phi) is 6.58. The van der Waals surface area contributed by atoms with E-state index in [0.717, 1.165) is 34.9 Å². The van der Waals surface area contributed by atoms with Crippen LogP contribution in [0, 0.1) is 0 Å².